The molecule has 1 aromatic heterocycles. The molecule has 1 saturated carbocycles. The van der Waals surface area contributed by atoms with Gasteiger partial charge in [-0.05, 0) is 31.0 Å². The number of nitrogens with zero attached hydrogens (tertiary/aromatic N) is 2. The second-order valence-electron chi connectivity index (χ2n) is 5.32. The molecule has 2 aromatic rings. The molecule has 1 aromatic carbocycles. The summed E-state index contributed by atoms with van der Waals surface area (Å²) >= 11 is 1.12. The molecule has 0 saturated heterocycles. The number of ether oxygens (including phenoxy) is 2. The van der Waals surface area contributed by atoms with Gasteiger partial charge in [0.15, 0.2) is 23.6 Å². The van der Waals surface area contributed by atoms with E-state index in [0.717, 1.165) is 24.6 Å². The van der Waals surface area contributed by atoms with E-state index in [4.69, 9.17) is 19.7 Å². The van der Waals surface area contributed by atoms with Crippen LogP contribution in [0, 0.1) is 5.92 Å². The summed E-state index contributed by atoms with van der Waals surface area (Å²) in [5, 5.41) is 24.9. The van der Waals surface area contributed by atoms with E-state index in [1.54, 1.807) is 18.2 Å². The first-order chi connectivity index (χ1) is 11.6. The van der Waals surface area contributed by atoms with E-state index in [1.807, 2.05) is 0 Å². The molecule has 3 N–H and O–H groups in total. The summed E-state index contributed by atoms with van der Waals surface area (Å²) in [5.41, 5.74) is 0.710. The van der Waals surface area contributed by atoms with Crippen LogP contribution in [0.15, 0.2) is 23.4 Å². The fraction of sp³-hybridized carbons (Fsp3) is 0.400. The summed E-state index contributed by atoms with van der Waals surface area (Å²) in [6.07, 6.45) is 0.332. The van der Waals surface area contributed by atoms with Gasteiger partial charge in [0.1, 0.15) is 0 Å². The lowest BCUT2D eigenvalue weighted by Crippen LogP contribution is -2.10. The number of aliphatic hydroxyl groups excluding tert-OH is 1. The van der Waals surface area contributed by atoms with Gasteiger partial charge in [0.2, 0.25) is 5.16 Å². The minimum absolute atomic E-state index is 0.00474. The average Bonchev–Trinajstić information content (AvgIpc) is 3.32. The van der Waals surface area contributed by atoms with Crippen molar-refractivity contribution in [3.8, 4) is 22.9 Å². The van der Waals surface area contributed by atoms with E-state index in [1.165, 1.54) is 7.11 Å². The number of rotatable bonds is 7. The van der Waals surface area contributed by atoms with Crippen LogP contribution >= 0.6 is 11.8 Å². The molecule has 3 rings (SSSR count). The lowest BCUT2D eigenvalue weighted by atomic mass is 10.2. The second-order valence-corrected chi connectivity index (χ2v) is 6.31. The summed E-state index contributed by atoms with van der Waals surface area (Å²) in [5.74, 6) is 1.15. The van der Waals surface area contributed by atoms with Crippen molar-refractivity contribution >= 4 is 17.7 Å². The van der Waals surface area contributed by atoms with Gasteiger partial charge in [-0.3, -0.25) is 9.89 Å². The lowest BCUT2D eigenvalue weighted by molar-refractivity contribution is -0.135. The van der Waals surface area contributed by atoms with E-state index in [2.05, 4.69) is 15.2 Å². The zero-order valence-electron chi connectivity index (χ0n) is 12.9. The molecule has 0 spiro atoms. The Bertz CT molecular complexity index is 730. The van der Waals surface area contributed by atoms with Gasteiger partial charge in [0.25, 0.3) is 0 Å². The fourth-order valence-corrected chi connectivity index (χ4v) is 2.56. The maximum atomic E-state index is 11.8. The molecule has 1 aliphatic carbocycles. The highest BCUT2D eigenvalue weighted by atomic mass is 32.2. The Morgan fingerprint density at radius 1 is 1.42 bits per heavy atom. The SMILES string of the molecule is COc1cc(-c2nc(SCC(O)O)n[nH]2)ccc1OC(=O)C1CC1. The van der Waals surface area contributed by atoms with E-state index in [9.17, 15) is 4.79 Å². The van der Waals surface area contributed by atoms with E-state index in [-0.39, 0.29) is 17.6 Å². The molecule has 1 aliphatic rings. The van der Waals surface area contributed by atoms with Crippen LogP contribution in [0.1, 0.15) is 12.8 Å². The van der Waals surface area contributed by atoms with Crippen molar-refractivity contribution in [1.29, 1.82) is 0 Å². The number of esters is 1. The van der Waals surface area contributed by atoms with Crippen LogP contribution in [0.5, 0.6) is 11.5 Å². The van der Waals surface area contributed by atoms with Crippen LogP contribution in [0.25, 0.3) is 11.4 Å². The Hall–Kier alpha value is -2.10. The highest BCUT2D eigenvalue weighted by Gasteiger charge is 2.32. The molecule has 0 aliphatic heterocycles. The summed E-state index contributed by atoms with van der Waals surface area (Å²) < 4.78 is 10.6. The van der Waals surface area contributed by atoms with Gasteiger partial charge in [-0.15, -0.1) is 5.10 Å². The van der Waals surface area contributed by atoms with Gasteiger partial charge in [-0.25, -0.2) is 4.98 Å². The number of aliphatic hydroxyl groups is 2. The van der Waals surface area contributed by atoms with Crippen LogP contribution < -0.4 is 9.47 Å². The van der Waals surface area contributed by atoms with Crippen molar-refractivity contribution in [3.05, 3.63) is 18.2 Å². The number of hydrogen-bond donors (Lipinski definition) is 3. The van der Waals surface area contributed by atoms with Crippen LogP contribution in [0.2, 0.25) is 0 Å². The molecule has 24 heavy (non-hydrogen) atoms. The number of aromatic amines is 1. The summed E-state index contributed by atoms with van der Waals surface area (Å²) in [6, 6.07) is 5.10. The highest BCUT2D eigenvalue weighted by Crippen LogP contribution is 2.35. The zero-order chi connectivity index (χ0) is 17.1. The molecule has 0 amide bonds. The number of hydrogen-bond acceptors (Lipinski definition) is 8. The standard InChI is InChI=1S/C15H17N3O5S/c1-22-11-6-9(4-5-10(11)23-14(21)8-2-3-8)13-16-15(18-17-13)24-7-12(19)20/h4-6,8,12,19-20H,2-3,7H2,1H3,(H,16,17,18). The van der Waals surface area contributed by atoms with Crippen molar-refractivity contribution < 1.29 is 24.5 Å². The van der Waals surface area contributed by atoms with Crippen LogP contribution in [-0.4, -0.2) is 50.5 Å². The molecule has 9 heteroatoms. The van der Waals surface area contributed by atoms with Gasteiger partial charge in [-0.1, -0.05) is 11.8 Å². The molecule has 0 bridgehead atoms. The monoisotopic (exact) mass is 351 g/mol. The van der Waals surface area contributed by atoms with Gasteiger partial charge < -0.3 is 19.7 Å². The number of carbonyl (C=O) groups is 1. The number of benzene rings is 1. The predicted molar refractivity (Wildman–Crippen MR) is 85.7 cm³/mol. The van der Waals surface area contributed by atoms with Gasteiger partial charge in [-0.2, -0.15) is 0 Å². The predicted octanol–water partition coefficient (Wildman–Crippen LogP) is 1.20. The summed E-state index contributed by atoms with van der Waals surface area (Å²) in [6.45, 7) is 0. The smallest absolute Gasteiger partial charge is 0.314 e. The van der Waals surface area contributed by atoms with Gasteiger partial charge in [0, 0.05) is 5.56 Å². The average molecular weight is 351 g/mol. The van der Waals surface area contributed by atoms with Crippen LogP contribution in [-0.2, 0) is 4.79 Å². The van der Waals surface area contributed by atoms with E-state index in [0.29, 0.717) is 28.0 Å². The molecule has 1 fully saturated rings. The minimum Gasteiger partial charge on any atom is -0.493 e. The first-order valence-electron chi connectivity index (χ1n) is 7.38. The number of nitrogens with one attached hydrogen (secondary N) is 1. The largest absolute Gasteiger partial charge is 0.493 e. The zero-order valence-corrected chi connectivity index (χ0v) is 13.7. The maximum Gasteiger partial charge on any atom is 0.314 e. The van der Waals surface area contributed by atoms with Crippen molar-refractivity contribution in [1.82, 2.24) is 15.2 Å². The quantitative estimate of drug-likeness (QED) is 0.295. The Kier molecular flexibility index (Phi) is 5.03. The molecule has 0 atom stereocenters. The Labute approximate surface area is 142 Å². The van der Waals surface area contributed by atoms with Crippen LogP contribution in [0.3, 0.4) is 0 Å². The minimum atomic E-state index is -1.42. The van der Waals surface area contributed by atoms with E-state index >= 15 is 0 Å². The highest BCUT2D eigenvalue weighted by molar-refractivity contribution is 7.99. The number of thioether (sulfide) groups is 1. The van der Waals surface area contributed by atoms with Gasteiger partial charge >= 0.3 is 5.97 Å². The normalized spacial score (nSPS) is 14.0. The first kappa shape index (κ1) is 16.7. The fourth-order valence-electron chi connectivity index (χ4n) is 2.00. The third-order valence-corrected chi connectivity index (χ3v) is 4.29. The summed E-state index contributed by atoms with van der Waals surface area (Å²) in [4.78, 5) is 16.0. The van der Waals surface area contributed by atoms with Crippen molar-refractivity contribution in [3.63, 3.8) is 0 Å². The number of methoxy groups -OCH3 is 1. The summed E-state index contributed by atoms with van der Waals surface area (Å²) in [7, 11) is 1.50. The van der Waals surface area contributed by atoms with Crippen molar-refractivity contribution in [2.24, 2.45) is 5.92 Å². The van der Waals surface area contributed by atoms with Gasteiger partial charge in [0.05, 0.1) is 18.8 Å². The molecule has 0 unspecified atom stereocenters. The maximum absolute atomic E-state index is 11.8. The Balaban J connectivity index is 1.75. The Morgan fingerprint density at radius 3 is 2.88 bits per heavy atom. The van der Waals surface area contributed by atoms with Crippen molar-refractivity contribution in [2.75, 3.05) is 12.9 Å². The molecular formula is C15H17N3O5S. The molecule has 128 valence electrons. The first-order valence-corrected chi connectivity index (χ1v) is 8.37. The number of carbonyl (C=O) groups excluding carboxylic acids is 1. The number of H-pyrrole nitrogens is 1. The second kappa shape index (κ2) is 7.20. The lowest BCUT2D eigenvalue weighted by Gasteiger charge is -2.09. The van der Waals surface area contributed by atoms with E-state index < -0.39 is 6.29 Å². The molecule has 0 radical (unpaired) electrons. The molecule has 1 heterocycles. The molecular weight excluding hydrogens is 334 g/mol. The molecule has 8 nitrogen and oxygen atoms in total. The third kappa shape index (κ3) is 4.05. The van der Waals surface area contributed by atoms with Crippen LogP contribution in [0.4, 0.5) is 0 Å². The third-order valence-electron chi connectivity index (χ3n) is 3.38. The van der Waals surface area contributed by atoms with Crippen molar-refractivity contribution in [2.45, 2.75) is 24.3 Å². The number of aromatic nitrogens is 3. The Morgan fingerprint density at radius 2 is 2.21 bits per heavy atom. The topological polar surface area (TPSA) is 118 Å².